The summed E-state index contributed by atoms with van der Waals surface area (Å²) in [5.41, 5.74) is 3.26. The number of aromatic amines is 1. The van der Waals surface area contributed by atoms with Crippen molar-refractivity contribution in [2.75, 3.05) is 6.54 Å². The van der Waals surface area contributed by atoms with Crippen molar-refractivity contribution in [2.24, 2.45) is 0 Å². The summed E-state index contributed by atoms with van der Waals surface area (Å²) in [6.45, 7) is 0.755. The van der Waals surface area contributed by atoms with E-state index in [1.807, 2.05) is 0 Å². The van der Waals surface area contributed by atoms with E-state index in [1.165, 1.54) is 0 Å². The Morgan fingerprint density at radius 1 is 1.11 bits per heavy atom. The lowest BCUT2D eigenvalue weighted by Gasteiger charge is -2.27. The predicted octanol–water partition coefficient (Wildman–Crippen LogP) is 1.90. The van der Waals surface area contributed by atoms with Crippen LogP contribution in [0, 0.1) is 0 Å². The second-order valence-corrected chi connectivity index (χ2v) is 7.19. The molecule has 142 valence electrons. The lowest BCUT2D eigenvalue weighted by molar-refractivity contribution is 0.0720. The highest BCUT2D eigenvalue weighted by Crippen LogP contribution is 2.26. The van der Waals surface area contributed by atoms with Crippen LogP contribution >= 0.6 is 0 Å². The van der Waals surface area contributed by atoms with Crippen molar-refractivity contribution in [2.45, 2.75) is 38.6 Å². The maximum atomic E-state index is 13.1. The van der Waals surface area contributed by atoms with Crippen LogP contribution in [0.25, 0.3) is 11.4 Å². The van der Waals surface area contributed by atoms with Gasteiger partial charge in [0, 0.05) is 42.0 Å². The molecule has 0 radical (unpaired) electrons. The van der Waals surface area contributed by atoms with Gasteiger partial charge in [-0.25, -0.2) is 4.98 Å². The van der Waals surface area contributed by atoms with Crippen molar-refractivity contribution in [3.63, 3.8) is 0 Å². The smallest absolute Gasteiger partial charge is 0.276 e. The number of aryl methyl sites for hydroxylation is 1. The number of nitrogens with zero attached hydrogens (tertiary/aromatic N) is 4. The second kappa shape index (κ2) is 6.70. The van der Waals surface area contributed by atoms with Crippen molar-refractivity contribution in [1.82, 2.24) is 25.0 Å². The fourth-order valence-electron chi connectivity index (χ4n) is 3.96. The van der Waals surface area contributed by atoms with Crippen LogP contribution in [0.15, 0.2) is 33.8 Å². The minimum atomic E-state index is -0.150. The van der Waals surface area contributed by atoms with Crippen LogP contribution in [-0.4, -0.2) is 37.5 Å². The van der Waals surface area contributed by atoms with E-state index in [-0.39, 0.29) is 18.0 Å². The lowest BCUT2D eigenvalue weighted by Crippen LogP contribution is -2.39. The highest BCUT2D eigenvalue weighted by molar-refractivity contribution is 5.94. The van der Waals surface area contributed by atoms with Crippen LogP contribution in [0.5, 0.6) is 0 Å². The minimum absolute atomic E-state index is 0.148. The van der Waals surface area contributed by atoms with E-state index in [1.54, 1.807) is 29.4 Å². The van der Waals surface area contributed by atoms with Gasteiger partial charge in [0.2, 0.25) is 0 Å². The third-order valence-electron chi connectivity index (χ3n) is 5.47. The Kier molecular flexibility index (Phi) is 4.03. The van der Waals surface area contributed by atoms with Gasteiger partial charge in [-0.15, -0.1) is 0 Å². The highest BCUT2D eigenvalue weighted by atomic mass is 16.5. The Morgan fingerprint density at radius 2 is 1.93 bits per heavy atom. The van der Waals surface area contributed by atoms with Gasteiger partial charge in [0.15, 0.2) is 5.69 Å². The molecule has 0 saturated carbocycles. The molecule has 0 bridgehead atoms. The molecular weight excluding hydrogens is 358 g/mol. The zero-order valence-electron chi connectivity index (χ0n) is 15.3. The maximum absolute atomic E-state index is 13.1. The zero-order valence-corrected chi connectivity index (χ0v) is 15.3. The summed E-state index contributed by atoms with van der Waals surface area (Å²) in [7, 11) is 0. The molecular formula is C20H19N5O3. The molecule has 3 aromatic heterocycles. The van der Waals surface area contributed by atoms with E-state index in [9.17, 15) is 9.59 Å². The molecule has 0 aromatic carbocycles. The average molecular weight is 377 g/mol. The largest absolute Gasteiger partial charge is 0.360 e. The molecule has 4 heterocycles. The molecule has 2 aliphatic rings. The number of H-pyrrole nitrogens is 1. The van der Waals surface area contributed by atoms with E-state index in [0.717, 1.165) is 42.6 Å². The fraction of sp³-hybridized carbons (Fsp3) is 0.350. The van der Waals surface area contributed by atoms with Gasteiger partial charge in [-0.05, 0) is 37.8 Å². The number of aromatic nitrogens is 4. The van der Waals surface area contributed by atoms with Crippen LogP contribution < -0.4 is 5.56 Å². The number of fused-ring (bicyclic) bond motifs is 2. The molecule has 0 spiro atoms. The fourth-order valence-corrected chi connectivity index (χ4v) is 3.96. The topological polar surface area (TPSA) is 105 Å². The average Bonchev–Trinajstić information content (AvgIpc) is 3.17. The molecule has 28 heavy (non-hydrogen) atoms. The predicted molar refractivity (Wildman–Crippen MR) is 99.7 cm³/mol. The van der Waals surface area contributed by atoms with Gasteiger partial charge in [-0.3, -0.25) is 14.6 Å². The number of nitrogens with one attached hydrogen (secondary N) is 1. The van der Waals surface area contributed by atoms with E-state index >= 15 is 0 Å². The van der Waals surface area contributed by atoms with Crippen LogP contribution in [0.1, 0.15) is 45.9 Å². The maximum Gasteiger partial charge on any atom is 0.276 e. The Bertz CT molecular complexity index is 1100. The zero-order chi connectivity index (χ0) is 19.1. The summed E-state index contributed by atoms with van der Waals surface area (Å²) in [6.07, 6.45) is 7.55. The van der Waals surface area contributed by atoms with Gasteiger partial charge in [0.1, 0.15) is 11.6 Å². The van der Waals surface area contributed by atoms with Gasteiger partial charge in [-0.1, -0.05) is 5.16 Å². The van der Waals surface area contributed by atoms with Crippen molar-refractivity contribution in [1.29, 1.82) is 0 Å². The summed E-state index contributed by atoms with van der Waals surface area (Å²) in [5.74, 6) is 1.17. The molecule has 0 unspecified atom stereocenters. The summed E-state index contributed by atoms with van der Waals surface area (Å²) in [4.78, 5) is 38.7. The number of amides is 1. The third kappa shape index (κ3) is 2.81. The van der Waals surface area contributed by atoms with Crippen LogP contribution in [0.3, 0.4) is 0 Å². The first-order valence-corrected chi connectivity index (χ1v) is 9.50. The summed E-state index contributed by atoms with van der Waals surface area (Å²) in [5, 5.41) is 4.05. The standard InChI is InChI=1S/C20H19N5O3/c26-19-13-7-10-25(20(27)17-14-3-1-2-4-16(14)28-24-17)11-15(13)22-18(23-19)12-5-8-21-9-6-12/h5-6,8-9H,1-4,7,10-11H2,(H,22,23,26). The van der Waals surface area contributed by atoms with E-state index in [2.05, 4.69) is 20.1 Å². The van der Waals surface area contributed by atoms with E-state index in [0.29, 0.717) is 35.7 Å². The first-order valence-electron chi connectivity index (χ1n) is 9.50. The second-order valence-electron chi connectivity index (χ2n) is 7.19. The summed E-state index contributed by atoms with van der Waals surface area (Å²) < 4.78 is 5.39. The summed E-state index contributed by atoms with van der Waals surface area (Å²) >= 11 is 0. The van der Waals surface area contributed by atoms with Crippen molar-refractivity contribution in [3.05, 3.63) is 63.2 Å². The number of hydrogen-bond acceptors (Lipinski definition) is 6. The van der Waals surface area contributed by atoms with Crippen LogP contribution in [0.2, 0.25) is 0 Å². The normalized spacial score (nSPS) is 15.8. The van der Waals surface area contributed by atoms with Gasteiger partial charge < -0.3 is 14.4 Å². The van der Waals surface area contributed by atoms with Gasteiger partial charge in [0.05, 0.1) is 12.2 Å². The molecule has 8 nitrogen and oxygen atoms in total. The van der Waals surface area contributed by atoms with Crippen molar-refractivity contribution >= 4 is 5.91 Å². The minimum Gasteiger partial charge on any atom is -0.360 e. The number of hydrogen-bond donors (Lipinski definition) is 1. The number of carbonyl (C=O) groups excluding carboxylic acids is 1. The Morgan fingerprint density at radius 3 is 2.79 bits per heavy atom. The molecule has 0 atom stereocenters. The molecule has 5 rings (SSSR count). The SMILES string of the molecule is O=C(c1noc2c1CCCC2)N1CCc2c(nc(-c3ccncc3)[nH]c2=O)C1. The lowest BCUT2D eigenvalue weighted by atomic mass is 9.96. The first-order chi connectivity index (χ1) is 13.7. The third-order valence-corrected chi connectivity index (χ3v) is 5.47. The first kappa shape index (κ1) is 16.9. The Hall–Kier alpha value is -3.29. The molecule has 0 fully saturated rings. The van der Waals surface area contributed by atoms with E-state index in [4.69, 9.17) is 4.52 Å². The van der Waals surface area contributed by atoms with Gasteiger partial charge in [0.25, 0.3) is 11.5 Å². The number of pyridine rings is 1. The molecule has 1 aliphatic carbocycles. The Balaban J connectivity index is 1.46. The van der Waals surface area contributed by atoms with Crippen LogP contribution in [0.4, 0.5) is 0 Å². The van der Waals surface area contributed by atoms with E-state index < -0.39 is 0 Å². The molecule has 8 heteroatoms. The molecule has 1 amide bonds. The Labute approximate surface area is 160 Å². The van der Waals surface area contributed by atoms with Crippen LogP contribution in [-0.2, 0) is 25.8 Å². The molecule has 0 saturated heterocycles. The van der Waals surface area contributed by atoms with Gasteiger partial charge >= 0.3 is 0 Å². The van der Waals surface area contributed by atoms with Crippen molar-refractivity contribution < 1.29 is 9.32 Å². The number of rotatable bonds is 2. The van der Waals surface area contributed by atoms with Gasteiger partial charge in [-0.2, -0.15) is 0 Å². The monoisotopic (exact) mass is 377 g/mol. The highest BCUT2D eigenvalue weighted by Gasteiger charge is 2.30. The number of carbonyl (C=O) groups is 1. The molecule has 3 aromatic rings. The molecule has 1 aliphatic heterocycles. The molecule has 1 N–H and O–H groups in total. The summed E-state index contributed by atoms with van der Waals surface area (Å²) in [6, 6.07) is 3.58. The van der Waals surface area contributed by atoms with Crippen molar-refractivity contribution in [3.8, 4) is 11.4 Å². The quantitative estimate of drug-likeness (QED) is 0.731.